The van der Waals surface area contributed by atoms with Gasteiger partial charge in [0.05, 0.1) is 5.02 Å². The molecule has 0 radical (unpaired) electrons. The molecular weight excluding hydrogens is 228 g/mol. The minimum absolute atomic E-state index is 0.101. The fourth-order valence-corrected chi connectivity index (χ4v) is 1.80. The van der Waals surface area contributed by atoms with Crippen LogP contribution in [-0.2, 0) is 0 Å². The number of nitrogens with one attached hydrogen (secondary N) is 1. The molecule has 2 atom stereocenters. The third kappa shape index (κ3) is 2.44. The Morgan fingerprint density at radius 2 is 2.38 bits per heavy atom. The number of pyridine rings is 1. The van der Waals surface area contributed by atoms with E-state index >= 15 is 0 Å². The minimum Gasteiger partial charge on any atom is -0.476 e. The van der Waals surface area contributed by atoms with Crippen LogP contribution in [-0.4, -0.2) is 22.6 Å². The number of halogens is 1. The molecule has 0 saturated heterocycles. The Morgan fingerprint density at radius 3 is 2.94 bits per heavy atom. The van der Waals surface area contributed by atoms with Gasteiger partial charge in [-0.15, -0.1) is 0 Å². The maximum atomic E-state index is 10.8. The standard InChI is InChI=1S/C11H13ClN2O2/c1-6-4-7(6)5-13-9-3-2-8(12)10(14-9)11(15)16/h2-3,6-7H,4-5H2,1H3,(H,13,14)(H,15,16). The van der Waals surface area contributed by atoms with Gasteiger partial charge in [0.25, 0.3) is 0 Å². The van der Waals surface area contributed by atoms with Crippen LogP contribution in [0.2, 0.25) is 5.02 Å². The summed E-state index contributed by atoms with van der Waals surface area (Å²) in [7, 11) is 0. The lowest BCUT2D eigenvalue weighted by molar-refractivity contribution is 0.0691. The largest absolute Gasteiger partial charge is 0.476 e. The average Bonchev–Trinajstić information content (AvgIpc) is 2.93. The van der Waals surface area contributed by atoms with E-state index in [0.717, 1.165) is 12.5 Å². The number of carbonyl (C=O) groups is 1. The molecule has 86 valence electrons. The topological polar surface area (TPSA) is 62.2 Å². The number of anilines is 1. The van der Waals surface area contributed by atoms with Crippen molar-refractivity contribution in [3.8, 4) is 0 Å². The zero-order valence-electron chi connectivity index (χ0n) is 8.90. The summed E-state index contributed by atoms with van der Waals surface area (Å²) in [4.78, 5) is 14.8. The molecule has 1 saturated carbocycles. The molecule has 16 heavy (non-hydrogen) atoms. The van der Waals surface area contributed by atoms with E-state index in [1.54, 1.807) is 12.1 Å². The number of rotatable bonds is 4. The second kappa shape index (κ2) is 4.29. The zero-order chi connectivity index (χ0) is 11.7. The van der Waals surface area contributed by atoms with Crippen molar-refractivity contribution in [1.29, 1.82) is 0 Å². The molecule has 1 aliphatic carbocycles. The number of carboxylic acids is 1. The Kier molecular flexibility index (Phi) is 3.01. The van der Waals surface area contributed by atoms with E-state index in [9.17, 15) is 4.79 Å². The van der Waals surface area contributed by atoms with Crippen LogP contribution in [0.1, 0.15) is 23.8 Å². The third-order valence-corrected chi connectivity index (χ3v) is 3.18. The quantitative estimate of drug-likeness (QED) is 0.849. The highest BCUT2D eigenvalue weighted by atomic mass is 35.5. The van der Waals surface area contributed by atoms with Crippen LogP contribution < -0.4 is 5.32 Å². The first-order valence-electron chi connectivity index (χ1n) is 5.21. The minimum atomic E-state index is -1.10. The van der Waals surface area contributed by atoms with Crippen molar-refractivity contribution >= 4 is 23.4 Å². The van der Waals surface area contributed by atoms with Crippen LogP contribution in [0.15, 0.2) is 12.1 Å². The van der Waals surface area contributed by atoms with Gasteiger partial charge >= 0.3 is 5.97 Å². The average molecular weight is 241 g/mol. The SMILES string of the molecule is CC1CC1CNc1ccc(Cl)c(C(=O)O)n1. The zero-order valence-corrected chi connectivity index (χ0v) is 9.66. The van der Waals surface area contributed by atoms with Crippen LogP contribution in [0.4, 0.5) is 5.82 Å². The third-order valence-electron chi connectivity index (χ3n) is 2.87. The number of carboxylic acid groups (broad SMARTS) is 1. The van der Waals surface area contributed by atoms with Gasteiger partial charge in [-0.25, -0.2) is 9.78 Å². The predicted octanol–water partition coefficient (Wildman–Crippen LogP) is 2.50. The predicted molar refractivity (Wildman–Crippen MR) is 62.0 cm³/mol. The molecule has 2 unspecified atom stereocenters. The van der Waals surface area contributed by atoms with Crippen molar-refractivity contribution < 1.29 is 9.90 Å². The van der Waals surface area contributed by atoms with E-state index in [1.165, 1.54) is 6.42 Å². The first kappa shape index (κ1) is 11.2. The summed E-state index contributed by atoms with van der Waals surface area (Å²) in [5, 5.41) is 12.1. The van der Waals surface area contributed by atoms with Crippen molar-refractivity contribution in [2.75, 3.05) is 11.9 Å². The molecule has 1 heterocycles. The Morgan fingerprint density at radius 1 is 1.69 bits per heavy atom. The van der Waals surface area contributed by atoms with Gasteiger partial charge in [-0.2, -0.15) is 0 Å². The monoisotopic (exact) mass is 240 g/mol. The molecular formula is C11H13ClN2O2. The molecule has 2 rings (SSSR count). The molecule has 0 amide bonds. The van der Waals surface area contributed by atoms with Crippen molar-refractivity contribution in [3.05, 3.63) is 22.8 Å². The molecule has 0 spiro atoms. The smallest absolute Gasteiger partial charge is 0.356 e. The van der Waals surface area contributed by atoms with Crippen LogP contribution >= 0.6 is 11.6 Å². The summed E-state index contributed by atoms with van der Waals surface area (Å²) in [6.45, 7) is 3.04. The summed E-state index contributed by atoms with van der Waals surface area (Å²) in [5.41, 5.74) is -0.101. The van der Waals surface area contributed by atoms with Gasteiger partial charge in [0.1, 0.15) is 5.82 Å². The molecule has 5 heteroatoms. The molecule has 1 aliphatic rings. The van der Waals surface area contributed by atoms with Gasteiger partial charge in [-0.05, 0) is 30.4 Å². The highest BCUT2D eigenvalue weighted by Crippen LogP contribution is 2.37. The number of aromatic nitrogens is 1. The number of hydrogen-bond acceptors (Lipinski definition) is 3. The van der Waals surface area contributed by atoms with E-state index < -0.39 is 5.97 Å². The lowest BCUT2D eigenvalue weighted by Crippen LogP contribution is -2.09. The molecule has 1 aromatic rings. The number of hydrogen-bond donors (Lipinski definition) is 2. The first-order valence-corrected chi connectivity index (χ1v) is 5.59. The van der Waals surface area contributed by atoms with Gasteiger partial charge in [0.15, 0.2) is 5.69 Å². The van der Waals surface area contributed by atoms with Crippen molar-refractivity contribution in [1.82, 2.24) is 4.98 Å². The maximum absolute atomic E-state index is 10.8. The van der Waals surface area contributed by atoms with Crippen LogP contribution in [0, 0.1) is 11.8 Å². The normalized spacial score (nSPS) is 22.9. The highest BCUT2D eigenvalue weighted by molar-refractivity contribution is 6.33. The molecule has 1 aromatic heterocycles. The van der Waals surface area contributed by atoms with Crippen molar-refractivity contribution in [3.63, 3.8) is 0 Å². The Balaban J connectivity index is 2.04. The van der Waals surface area contributed by atoms with Crippen LogP contribution in [0.3, 0.4) is 0 Å². The van der Waals surface area contributed by atoms with Crippen LogP contribution in [0.5, 0.6) is 0 Å². The first-order chi connectivity index (χ1) is 7.58. The highest BCUT2D eigenvalue weighted by Gasteiger charge is 2.31. The molecule has 0 aromatic carbocycles. The van der Waals surface area contributed by atoms with Gasteiger partial charge in [0, 0.05) is 6.54 Å². The second-order valence-corrected chi connectivity index (χ2v) is 4.59. The van der Waals surface area contributed by atoms with E-state index in [4.69, 9.17) is 16.7 Å². The van der Waals surface area contributed by atoms with Gasteiger partial charge in [-0.1, -0.05) is 18.5 Å². The van der Waals surface area contributed by atoms with Crippen molar-refractivity contribution in [2.45, 2.75) is 13.3 Å². The molecule has 1 fully saturated rings. The number of nitrogens with zero attached hydrogens (tertiary/aromatic N) is 1. The van der Waals surface area contributed by atoms with E-state index in [0.29, 0.717) is 11.7 Å². The molecule has 0 bridgehead atoms. The summed E-state index contributed by atoms with van der Waals surface area (Å²) >= 11 is 5.72. The molecule has 0 aliphatic heterocycles. The summed E-state index contributed by atoms with van der Waals surface area (Å²) < 4.78 is 0. The molecule has 2 N–H and O–H groups in total. The summed E-state index contributed by atoms with van der Waals surface area (Å²) in [5.74, 6) is 0.916. The van der Waals surface area contributed by atoms with Crippen LogP contribution in [0.25, 0.3) is 0 Å². The summed E-state index contributed by atoms with van der Waals surface area (Å²) in [6.07, 6.45) is 1.23. The van der Waals surface area contributed by atoms with Gasteiger partial charge in [0.2, 0.25) is 0 Å². The maximum Gasteiger partial charge on any atom is 0.356 e. The lowest BCUT2D eigenvalue weighted by Gasteiger charge is -2.06. The summed E-state index contributed by atoms with van der Waals surface area (Å²) in [6, 6.07) is 3.25. The van der Waals surface area contributed by atoms with Gasteiger partial charge < -0.3 is 10.4 Å². The van der Waals surface area contributed by atoms with E-state index in [1.807, 2.05) is 0 Å². The second-order valence-electron chi connectivity index (χ2n) is 4.19. The Bertz CT molecular complexity index is 422. The van der Waals surface area contributed by atoms with Gasteiger partial charge in [-0.3, -0.25) is 0 Å². The Labute approximate surface area is 98.6 Å². The number of aromatic carboxylic acids is 1. The fourth-order valence-electron chi connectivity index (χ4n) is 1.61. The van der Waals surface area contributed by atoms with E-state index in [-0.39, 0.29) is 10.7 Å². The Hall–Kier alpha value is -1.29. The fraction of sp³-hybridized carbons (Fsp3) is 0.455. The van der Waals surface area contributed by atoms with E-state index in [2.05, 4.69) is 17.2 Å². The lowest BCUT2D eigenvalue weighted by atomic mass is 10.3. The van der Waals surface area contributed by atoms with Crippen molar-refractivity contribution in [2.24, 2.45) is 11.8 Å². The molecule has 4 nitrogen and oxygen atoms in total.